The molecule has 6 heteroatoms. The van der Waals surface area contributed by atoms with Crippen LogP contribution in [0.3, 0.4) is 0 Å². The summed E-state index contributed by atoms with van der Waals surface area (Å²) in [5, 5.41) is 3.96. The lowest BCUT2D eigenvalue weighted by atomic mass is 9.93. The first-order valence-electron chi connectivity index (χ1n) is 5.40. The number of nitrogens with two attached hydrogens (primary N) is 1. The molecule has 1 atom stereocenters. The van der Waals surface area contributed by atoms with Gasteiger partial charge in [0, 0.05) is 33.2 Å². The molecule has 2 heterocycles. The van der Waals surface area contributed by atoms with E-state index in [0.717, 1.165) is 12.8 Å². The van der Waals surface area contributed by atoms with Gasteiger partial charge in [0.1, 0.15) is 5.60 Å². The van der Waals surface area contributed by atoms with E-state index in [9.17, 15) is 0 Å². The lowest BCUT2D eigenvalue weighted by Crippen LogP contribution is -2.36. The highest BCUT2D eigenvalue weighted by Crippen LogP contribution is 2.33. The maximum atomic E-state index is 5.68. The molecule has 0 aromatic carbocycles. The first-order chi connectivity index (χ1) is 7.68. The molecule has 1 aromatic rings. The summed E-state index contributed by atoms with van der Waals surface area (Å²) in [5.41, 5.74) is 5.20. The third-order valence-electron chi connectivity index (χ3n) is 2.93. The number of methoxy groups -OCH3 is 1. The zero-order valence-electron chi connectivity index (χ0n) is 9.60. The third-order valence-corrected chi connectivity index (χ3v) is 2.93. The number of rotatable bonds is 3. The number of aromatic nitrogens is 2. The SMILES string of the molecule is COC1(c2noc([C@@H](C)N)n2)CCOCC1. The number of hydrogen-bond donors (Lipinski definition) is 1. The molecule has 0 bridgehead atoms. The van der Waals surface area contributed by atoms with Gasteiger partial charge in [-0.15, -0.1) is 0 Å². The van der Waals surface area contributed by atoms with Gasteiger partial charge in [0.15, 0.2) is 0 Å². The zero-order chi connectivity index (χ0) is 11.6. The molecule has 1 aliphatic rings. The zero-order valence-corrected chi connectivity index (χ0v) is 9.60. The van der Waals surface area contributed by atoms with E-state index in [-0.39, 0.29) is 6.04 Å². The smallest absolute Gasteiger partial charge is 0.243 e. The van der Waals surface area contributed by atoms with Crippen molar-refractivity contribution < 1.29 is 14.0 Å². The van der Waals surface area contributed by atoms with Crippen molar-refractivity contribution in [3.63, 3.8) is 0 Å². The maximum Gasteiger partial charge on any atom is 0.243 e. The van der Waals surface area contributed by atoms with E-state index in [0.29, 0.717) is 24.9 Å². The summed E-state index contributed by atoms with van der Waals surface area (Å²) in [6.45, 7) is 3.10. The first kappa shape index (κ1) is 11.5. The van der Waals surface area contributed by atoms with E-state index in [4.69, 9.17) is 19.7 Å². The molecule has 1 saturated heterocycles. The second-order valence-corrected chi connectivity index (χ2v) is 4.06. The average molecular weight is 227 g/mol. The molecule has 0 radical (unpaired) electrons. The number of nitrogens with zero attached hydrogens (tertiary/aromatic N) is 2. The van der Waals surface area contributed by atoms with Crippen LogP contribution in [0.1, 0.15) is 37.5 Å². The Balaban J connectivity index is 2.25. The Hall–Kier alpha value is -0.980. The van der Waals surface area contributed by atoms with Crippen molar-refractivity contribution >= 4 is 0 Å². The average Bonchev–Trinajstić information content (AvgIpc) is 2.80. The predicted molar refractivity (Wildman–Crippen MR) is 55.6 cm³/mol. The Kier molecular flexibility index (Phi) is 3.22. The van der Waals surface area contributed by atoms with Crippen LogP contribution in [0.5, 0.6) is 0 Å². The van der Waals surface area contributed by atoms with E-state index in [1.807, 2.05) is 0 Å². The Morgan fingerprint density at radius 2 is 2.12 bits per heavy atom. The molecular formula is C10H17N3O3. The normalized spacial score (nSPS) is 21.9. The Morgan fingerprint density at radius 3 is 2.62 bits per heavy atom. The van der Waals surface area contributed by atoms with E-state index in [1.165, 1.54) is 0 Å². The fourth-order valence-electron chi connectivity index (χ4n) is 1.83. The van der Waals surface area contributed by atoms with Gasteiger partial charge in [0.05, 0.1) is 6.04 Å². The summed E-state index contributed by atoms with van der Waals surface area (Å²) >= 11 is 0. The van der Waals surface area contributed by atoms with Crippen molar-refractivity contribution in [1.82, 2.24) is 10.1 Å². The van der Waals surface area contributed by atoms with Gasteiger partial charge in [-0.2, -0.15) is 4.98 Å². The van der Waals surface area contributed by atoms with Crippen LogP contribution in [0.2, 0.25) is 0 Å². The fourth-order valence-corrected chi connectivity index (χ4v) is 1.83. The molecule has 0 amide bonds. The highest BCUT2D eigenvalue weighted by atomic mass is 16.5. The van der Waals surface area contributed by atoms with Crippen LogP contribution in [-0.4, -0.2) is 30.5 Å². The van der Waals surface area contributed by atoms with Gasteiger partial charge >= 0.3 is 0 Å². The van der Waals surface area contributed by atoms with Crippen molar-refractivity contribution in [1.29, 1.82) is 0 Å². The molecule has 2 rings (SSSR count). The summed E-state index contributed by atoms with van der Waals surface area (Å²) in [6, 6.07) is -0.255. The standard InChI is InChI=1S/C10H17N3O3/c1-7(11)8-12-9(13-16-8)10(14-2)3-5-15-6-4-10/h7H,3-6,11H2,1-2H3/t7-/m1/s1. The van der Waals surface area contributed by atoms with E-state index in [1.54, 1.807) is 14.0 Å². The number of ether oxygens (including phenoxy) is 2. The highest BCUT2D eigenvalue weighted by molar-refractivity contribution is 5.04. The first-order valence-corrected chi connectivity index (χ1v) is 5.40. The molecule has 0 unspecified atom stereocenters. The Morgan fingerprint density at radius 1 is 1.44 bits per heavy atom. The predicted octanol–water partition coefficient (Wildman–Crippen LogP) is 0.741. The molecule has 90 valence electrons. The topological polar surface area (TPSA) is 83.4 Å². The minimum Gasteiger partial charge on any atom is -0.381 e. The van der Waals surface area contributed by atoms with Crippen LogP contribution in [-0.2, 0) is 15.1 Å². The quantitative estimate of drug-likeness (QED) is 0.820. The van der Waals surface area contributed by atoms with E-state index in [2.05, 4.69) is 10.1 Å². The molecular weight excluding hydrogens is 210 g/mol. The van der Waals surface area contributed by atoms with Crippen LogP contribution in [0, 0.1) is 0 Å². The van der Waals surface area contributed by atoms with E-state index >= 15 is 0 Å². The van der Waals surface area contributed by atoms with Crippen LogP contribution < -0.4 is 5.73 Å². The van der Waals surface area contributed by atoms with Crippen molar-refractivity contribution in [2.24, 2.45) is 5.73 Å². The van der Waals surface area contributed by atoms with Crippen LogP contribution in [0.4, 0.5) is 0 Å². The maximum absolute atomic E-state index is 5.68. The summed E-state index contributed by atoms with van der Waals surface area (Å²) in [7, 11) is 1.66. The van der Waals surface area contributed by atoms with Gasteiger partial charge in [0.25, 0.3) is 0 Å². The summed E-state index contributed by atoms with van der Waals surface area (Å²) in [5.74, 6) is 1.02. The van der Waals surface area contributed by atoms with Gasteiger partial charge in [-0.05, 0) is 6.92 Å². The van der Waals surface area contributed by atoms with Crippen molar-refractivity contribution in [3.05, 3.63) is 11.7 Å². The number of hydrogen-bond acceptors (Lipinski definition) is 6. The van der Waals surface area contributed by atoms with Crippen LogP contribution in [0.15, 0.2) is 4.52 Å². The van der Waals surface area contributed by atoms with Gasteiger partial charge in [-0.25, -0.2) is 0 Å². The molecule has 0 spiro atoms. The molecule has 16 heavy (non-hydrogen) atoms. The molecule has 1 aliphatic heterocycles. The van der Waals surface area contributed by atoms with Crippen molar-refractivity contribution in [3.8, 4) is 0 Å². The highest BCUT2D eigenvalue weighted by Gasteiger charge is 2.39. The second kappa shape index (κ2) is 4.48. The van der Waals surface area contributed by atoms with Crippen LogP contribution >= 0.6 is 0 Å². The Labute approximate surface area is 94.1 Å². The lowest BCUT2D eigenvalue weighted by molar-refractivity contribution is -0.101. The largest absolute Gasteiger partial charge is 0.381 e. The fraction of sp³-hybridized carbons (Fsp3) is 0.800. The van der Waals surface area contributed by atoms with Gasteiger partial charge < -0.3 is 19.7 Å². The van der Waals surface area contributed by atoms with Gasteiger partial charge in [-0.1, -0.05) is 5.16 Å². The molecule has 0 aliphatic carbocycles. The molecule has 2 N–H and O–H groups in total. The summed E-state index contributed by atoms with van der Waals surface area (Å²) in [6.07, 6.45) is 1.48. The third kappa shape index (κ3) is 1.95. The monoisotopic (exact) mass is 227 g/mol. The van der Waals surface area contributed by atoms with Crippen molar-refractivity contribution in [2.45, 2.75) is 31.4 Å². The van der Waals surface area contributed by atoms with Crippen LogP contribution in [0.25, 0.3) is 0 Å². The summed E-state index contributed by atoms with van der Waals surface area (Å²) < 4.78 is 16.0. The minimum absolute atomic E-state index is 0.255. The minimum atomic E-state index is -0.477. The van der Waals surface area contributed by atoms with Gasteiger partial charge in [-0.3, -0.25) is 0 Å². The van der Waals surface area contributed by atoms with Crippen molar-refractivity contribution in [2.75, 3.05) is 20.3 Å². The van der Waals surface area contributed by atoms with Gasteiger partial charge in [0.2, 0.25) is 11.7 Å². The Bertz CT molecular complexity index is 345. The molecule has 0 saturated carbocycles. The second-order valence-electron chi connectivity index (χ2n) is 4.06. The molecule has 6 nitrogen and oxygen atoms in total. The summed E-state index contributed by atoms with van der Waals surface area (Å²) in [4.78, 5) is 4.29. The molecule has 1 aromatic heterocycles. The van der Waals surface area contributed by atoms with E-state index < -0.39 is 5.60 Å². The molecule has 1 fully saturated rings. The lowest BCUT2D eigenvalue weighted by Gasteiger charge is -2.32.